The maximum atomic E-state index is 6.06. The number of rotatable bonds is 4. The molecule has 1 aromatic heterocycles. The van der Waals surface area contributed by atoms with Crippen molar-refractivity contribution in [2.24, 2.45) is 0 Å². The van der Waals surface area contributed by atoms with Crippen LogP contribution in [-0.4, -0.2) is 11.5 Å². The third-order valence-electron chi connectivity index (χ3n) is 2.88. The highest BCUT2D eigenvalue weighted by Gasteiger charge is 2.10. The Balaban J connectivity index is 2.26. The van der Waals surface area contributed by atoms with Crippen LogP contribution in [0.25, 0.3) is 0 Å². The van der Waals surface area contributed by atoms with Gasteiger partial charge in [0.2, 0.25) is 0 Å². The highest BCUT2D eigenvalue weighted by molar-refractivity contribution is 6.33. The van der Waals surface area contributed by atoms with Crippen LogP contribution in [0.5, 0.6) is 0 Å². The summed E-state index contributed by atoms with van der Waals surface area (Å²) in [4.78, 5) is 6.21. The standard InChI is InChI=1S/C14H16ClN3/c1-2-18(10-11-6-8-17-9-7-11)13-5-3-4-12(15)14(13)16/h3-9H,2,10,16H2,1H3. The zero-order chi connectivity index (χ0) is 13.0. The molecule has 2 aromatic rings. The van der Waals surface area contributed by atoms with Crippen molar-refractivity contribution in [2.75, 3.05) is 17.2 Å². The third kappa shape index (κ3) is 2.74. The molecule has 0 aliphatic carbocycles. The molecule has 2 rings (SSSR count). The van der Waals surface area contributed by atoms with E-state index in [1.54, 1.807) is 18.5 Å². The number of para-hydroxylation sites is 1. The van der Waals surface area contributed by atoms with Gasteiger partial charge in [0.1, 0.15) is 0 Å². The Morgan fingerprint density at radius 1 is 1.22 bits per heavy atom. The van der Waals surface area contributed by atoms with Gasteiger partial charge in [-0.25, -0.2) is 0 Å². The molecule has 0 aliphatic rings. The Hall–Kier alpha value is -1.74. The van der Waals surface area contributed by atoms with Crippen molar-refractivity contribution in [3.8, 4) is 0 Å². The van der Waals surface area contributed by atoms with E-state index in [1.165, 1.54) is 5.56 Å². The lowest BCUT2D eigenvalue weighted by atomic mass is 10.2. The Labute approximate surface area is 112 Å². The van der Waals surface area contributed by atoms with Gasteiger partial charge in [0.15, 0.2) is 0 Å². The van der Waals surface area contributed by atoms with Gasteiger partial charge in [0, 0.05) is 25.5 Å². The predicted octanol–water partition coefficient (Wildman–Crippen LogP) is 3.34. The average Bonchev–Trinajstić information content (AvgIpc) is 2.41. The van der Waals surface area contributed by atoms with Crippen LogP contribution < -0.4 is 10.6 Å². The van der Waals surface area contributed by atoms with Gasteiger partial charge in [-0.1, -0.05) is 17.7 Å². The number of pyridine rings is 1. The Morgan fingerprint density at radius 3 is 2.61 bits per heavy atom. The summed E-state index contributed by atoms with van der Waals surface area (Å²) in [6.45, 7) is 3.76. The zero-order valence-electron chi connectivity index (χ0n) is 10.3. The van der Waals surface area contributed by atoms with Gasteiger partial charge >= 0.3 is 0 Å². The van der Waals surface area contributed by atoms with Crippen molar-refractivity contribution in [1.82, 2.24) is 4.98 Å². The van der Waals surface area contributed by atoms with E-state index in [0.29, 0.717) is 10.7 Å². The number of nitrogens with two attached hydrogens (primary N) is 1. The Kier molecular flexibility index (Phi) is 4.05. The minimum atomic E-state index is 0.598. The molecule has 0 bridgehead atoms. The van der Waals surface area contributed by atoms with E-state index in [4.69, 9.17) is 17.3 Å². The molecule has 4 heteroatoms. The lowest BCUT2D eigenvalue weighted by molar-refractivity contribution is 0.832. The van der Waals surface area contributed by atoms with Gasteiger partial charge < -0.3 is 10.6 Å². The molecule has 0 saturated carbocycles. The quantitative estimate of drug-likeness (QED) is 0.859. The summed E-state index contributed by atoms with van der Waals surface area (Å²) in [5.74, 6) is 0. The molecule has 2 N–H and O–H groups in total. The summed E-state index contributed by atoms with van der Waals surface area (Å²) in [5, 5.41) is 0.598. The molecule has 1 heterocycles. The Bertz CT molecular complexity index is 514. The van der Waals surface area contributed by atoms with Crippen molar-refractivity contribution in [2.45, 2.75) is 13.5 Å². The number of hydrogen-bond donors (Lipinski definition) is 1. The molecular weight excluding hydrogens is 246 g/mol. The van der Waals surface area contributed by atoms with Crippen molar-refractivity contribution in [3.63, 3.8) is 0 Å². The molecule has 0 atom stereocenters. The van der Waals surface area contributed by atoms with Gasteiger partial charge in [0.05, 0.1) is 16.4 Å². The van der Waals surface area contributed by atoms with Crippen LogP contribution >= 0.6 is 11.6 Å². The molecule has 3 nitrogen and oxygen atoms in total. The molecule has 0 aliphatic heterocycles. The molecule has 0 saturated heterocycles. The van der Waals surface area contributed by atoms with Crippen molar-refractivity contribution < 1.29 is 0 Å². The first kappa shape index (κ1) is 12.7. The van der Waals surface area contributed by atoms with Crippen molar-refractivity contribution in [1.29, 1.82) is 0 Å². The molecular formula is C14H16ClN3. The first-order chi connectivity index (χ1) is 8.72. The predicted molar refractivity (Wildman–Crippen MR) is 76.8 cm³/mol. The summed E-state index contributed by atoms with van der Waals surface area (Å²) in [6.07, 6.45) is 3.59. The molecule has 18 heavy (non-hydrogen) atoms. The second kappa shape index (κ2) is 5.74. The third-order valence-corrected chi connectivity index (χ3v) is 3.20. The summed E-state index contributed by atoms with van der Waals surface area (Å²) in [6, 6.07) is 9.72. The fraction of sp³-hybridized carbons (Fsp3) is 0.214. The van der Waals surface area contributed by atoms with Crippen LogP contribution in [0.3, 0.4) is 0 Å². The van der Waals surface area contributed by atoms with Gasteiger partial charge in [-0.05, 0) is 36.8 Å². The van der Waals surface area contributed by atoms with E-state index >= 15 is 0 Å². The summed E-state index contributed by atoms with van der Waals surface area (Å²) in [7, 11) is 0. The van der Waals surface area contributed by atoms with Gasteiger partial charge in [0.25, 0.3) is 0 Å². The molecule has 0 radical (unpaired) electrons. The Morgan fingerprint density at radius 2 is 1.94 bits per heavy atom. The maximum absolute atomic E-state index is 6.06. The van der Waals surface area contributed by atoms with E-state index in [9.17, 15) is 0 Å². The van der Waals surface area contributed by atoms with Gasteiger partial charge in [-0.15, -0.1) is 0 Å². The second-order valence-corrected chi connectivity index (χ2v) is 4.45. The van der Waals surface area contributed by atoms with E-state index in [0.717, 1.165) is 18.8 Å². The second-order valence-electron chi connectivity index (χ2n) is 4.04. The largest absolute Gasteiger partial charge is 0.396 e. The highest BCUT2D eigenvalue weighted by Crippen LogP contribution is 2.30. The summed E-state index contributed by atoms with van der Waals surface area (Å²) < 4.78 is 0. The fourth-order valence-corrected chi connectivity index (χ4v) is 2.05. The van der Waals surface area contributed by atoms with Crippen molar-refractivity contribution in [3.05, 3.63) is 53.3 Å². The van der Waals surface area contributed by atoms with Crippen LogP contribution in [0.15, 0.2) is 42.7 Å². The number of anilines is 2. The van der Waals surface area contributed by atoms with Crippen LogP contribution in [0, 0.1) is 0 Å². The summed E-state index contributed by atoms with van der Waals surface area (Å²) in [5.41, 5.74) is 8.84. The average molecular weight is 262 g/mol. The number of aromatic nitrogens is 1. The van der Waals surface area contributed by atoms with E-state index in [2.05, 4.69) is 16.8 Å². The lowest BCUT2D eigenvalue weighted by Gasteiger charge is -2.25. The van der Waals surface area contributed by atoms with Crippen molar-refractivity contribution >= 4 is 23.0 Å². The maximum Gasteiger partial charge on any atom is 0.0741 e. The SMILES string of the molecule is CCN(Cc1ccncc1)c1cccc(Cl)c1N. The van der Waals surface area contributed by atoms with Gasteiger partial charge in [-0.2, -0.15) is 0 Å². The van der Waals surface area contributed by atoms with Crippen LogP contribution in [0.1, 0.15) is 12.5 Å². The number of nitrogens with zero attached hydrogens (tertiary/aromatic N) is 2. The molecule has 0 unspecified atom stereocenters. The molecule has 0 fully saturated rings. The van der Waals surface area contributed by atoms with Crippen LogP contribution in [0.4, 0.5) is 11.4 Å². The van der Waals surface area contributed by atoms with E-state index in [-0.39, 0.29) is 0 Å². The monoisotopic (exact) mass is 261 g/mol. The molecule has 1 aromatic carbocycles. The number of halogens is 1. The topological polar surface area (TPSA) is 42.2 Å². The normalized spacial score (nSPS) is 10.3. The molecule has 0 spiro atoms. The van der Waals surface area contributed by atoms with E-state index < -0.39 is 0 Å². The highest BCUT2D eigenvalue weighted by atomic mass is 35.5. The van der Waals surface area contributed by atoms with Crippen LogP contribution in [0.2, 0.25) is 5.02 Å². The van der Waals surface area contributed by atoms with E-state index in [1.807, 2.05) is 24.3 Å². The number of hydrogen-bond acceptors (Lipinski definition) is 3. The molecule has 94 valence electrons. The number of benzene rings is 1. The minimum absolute atomic E-state index is 0.598. The smallest absolute Gasteiger partial charge is 0.0741 e. The minimum Gasteiger partial charge on any atom is -0.396 e. The fourth-order valence-electron chi connectivity index (χ4n) is 1.88. The zero-order valence-corrected chi connectivity index (χ0v) is 11.1. The lowest BCUT2D eigenvalue weighted by Crippen LogP contribution is -2.23. The first-order valence-corrected chi connectivity index (χ1v) is 6.28. The van der Waals surface area contributed by atoms with Gasteiger partial charge in [-0.3, -0.25) is 4.98 Å². The molecule has 0 amide bonds. The number of nitrogen functional groups attached to an aromatic ring is 1. The first-order valence-electron chi connectivity index (χ1n) is 5.90. The van der Waals surface area contributed by atoms with Crippen LogP contribution in [-0.2, 0) is 6.54 Å². The summed E-state index contributed by atoms with van der Waals surface area (Å²) >= 11 is 6.06.